The van der Waals surface area contributed by atoms with Gasteiger partial charge in [-0.1, -0.05) is 12.1 Å². The first-order valence-corrected chi connectivity index (χ1v) is 6.80. The van der Waals surface area contributed by atoms with Crippen LogP contribution in [0.4, 0.5) is 8.78 Å². The maximum absolute atomic E-state index is 13.9. The van der Waals surface area contributed by atoms with Crippen molar-refractivity contribution in [3.05, 3.63) is 70.8 Å². The van der Waals surface area contributed by atoms with E-state index in [-0.39, 0.29) is 12.1 Å². The number of esters is 1. The number of rotatable bonds is 5. The van der Waals surface area contributed by atoms with E-state index in [9.17, 15) is 13.6 Å². The Kier molecular flexibility index (Phi) is 5.39. The zero-order valence-corrected chi connectivity index (χ0v) is 12.3. The van der Waals surface area contributed by atoms with Gasteiger partial charge in [0, 0.05) is 12.1 Å². The molecule has 0 fully saturated rings. The summed E-state index contributed by atoms with van der Waals surface area (Å²) in [6.45, 7) is 0.186. The van der Waals surface area contributed by atoms with Gasteiger partial charge in [0.05, 0.1) is 18.7 Å². The predicted molar refractivity (Wildman–Crippen MR) is 79.1 cm³/mol. The van der Waals surface area contributed by atoms with E-state index in [1.807, 2.05) is 6.07 Å². The molecule has 2 rings (SSSR count). The van der Waals surface area contributed by atoms with Gasteiger partial charge in [-0.3, -0.25) is 5.32 Å². The van der Waals surface area contributed by atoms with Gasteiger partial charge in [0.15, 0.2) is 0 Å². The minimum absolute atomic E-state index is 0.131. The number of benzene rings is 2. The van der Waals surface area contributed by atoms with Gasteiger partial charge in [0.1, 0.15) is 17.7 Å². The van der Waals surface area contributed by atoms with Crippen LogP contribution in [0.2, 0.25) is 0 Å². The van der Waals surface area contributed by atoms with Crippen molar-refractivity contribution in [2.24, 2.45) is 0 Å². The van der Waals surface area contributed by atoms with Crippen LogP contribution in [-0.2, 0) is 16.1 Å². The van der Waals surface area contributed by atoms with Gasteiger partial charge in [0.25, 0.3) is 0 Å². The summed E-state index contributed by atoms with van der Waals surface area (Å²) in [7, 11) is 1.17. The average Bonchev–Trinajstić information content (AvgIpc) is 2.57. The van der Waals surface area contributed by atoms with Crippen LogP contribution in [0.15, 0.2) is 42.5 Å². The predicted octanol–water partition coefficient (Wildman–Crippen LogP) is 2.84. The molecule has 2 aromatic carbocycles. The molecule has 23 heavy (non-hydrogen) atoms. The molecule has 0 amide bonds. The Hall–Kier alpha value is -2.78. The first-order valence-electron chi connectivity index (χ1n) is 6.80. The summed E-state index contributed by atoms with van der Waals surface area (Å²) in [6, 6.07) is 10.5. The van der Waals surface area contributed by atoms with E-state index >= 15 is 0 Å². The molecule has 0 spiro atoms. The molecule has 1 N–H and O–H groups in total. The van der Waals surface area contributed by atoms with Crippen LogP contribution in [0.25, 0.3) is 0 Å². The second-order valence-corrected chi connectivity index (χ2v) is 4.82. The smallest absolute Gasteiger partial charge is 0.327 e. The third-order valence-corrected chi connectivity index (χ3v) is 3.27. The highest BCUT2D eigenvalue weighted by atomic mass is 19.1. The van der Waals surface area contributed by atoms with Gasteiger partial charge in [-0.15, -0.1) is 0 Å². The molecule has 6 heteroatoms. The lowest BCUT2D eigenvalue weighted by molar-refractivity contribution is -0.143. The van der Waals surface area contributed by atoms with Crippen molar-refractivity contribution in [2.45, 2.75) is 12.6 Å². The van der Waals surface area contributed by atoms with Crippen LogP contribution in [0.1, 0.15) is 22.7 Å². The van der Waals surface area contributed by atoms with E-state index < -0.39 is 23.6 Å². The summed E-state index contributed by atoms with van der Waals surface area (Å²) < 4.78 is 31.9. The summed E-state index contributed by atoms with van der Waals surface area (Å²) in [5, 5.41) is 11.7. The van der Waals surface area contributed by atoms with Gasteiger partial charge >= 0.3 is 5.97 Å². The van der Waals surface area contributed by atoms with Crippen molar-refractivity contribution in [1.29, 1.82) is 5.26 Å². The Labute approximate surface area is 132 Å². The van der Waals surface area contributed by atoms with Gasteiger partial charge in [-0.05, 0) is 35.9 Å². The third kappa shape index (κ3) is 4.11. The molecular weight excluding hydrogens is 302 g/mol. The number of hydrogen-bond acceptors (Lipinski definition) is 4. The van der Waals surface area contributed by atoms with Crippen molar-refractivity contribution < 1.29 is 18.3 Å². The molecule has 0 aromatic heterocycles. The largest absolute Gasteiger partial charge is 0.468 e. The van der Waals surface area contributed by atoms with Crippen LogP contribution in [-0.4, -0.2) is 13.1 Å². The first-order chi connectivity index (χ1) is 11.0. The summed E-state index contributed by atoms with van der Waals surface area (Å²) >= 11 is 0. The first kappa shape index (κ1) is 16.6. The summed E-state index contributed by atoms with van der Waals surface area (Å²) in [4.78, 5) is 11.9. The molecular formula is C17H14F2N2O2. The van der Waals surface area contributed by atoms with Crippen molar-refractivity contribution in [3.63, 3.8) is 0 Å². The molecule has 0 heterocycles. The summed E-state index contributed by atoms with van der Waals surface area (Å²) in [5.74, 6) is -2.09. The maximum atomic E-state index is 13.9. The van der Waals surface area contributed by atoms with Gasteiger partial charge < -0.3 is 4.74 Å². The van der Waals surface area contributed by atoms with E-state index in [0.29, 0.717) is 5.56 Å². The number of nitrogens with zero attached hydrogens (tertiary/aromatic N) is 1. The van der Waals surface area contributed by atoms with E-state index in [2.05, 4.69) is 10.1 Å². The van der Waals surface area contributed by atoms with E-state index in [0.717, 1.165) is 23.8 Å². The monoisotopic (exact) mass is 316 g/mol. The van der Waals surface area contributed by atoms with Crippen molar-refractivity contribution >= 4 is 5.97 Å². The summed E-state index contributed by atoms with van der Waals surface area (Å²) in [5.41, 5.74) is 1.07. The minimum Gasteiger partial charge on any atom is -0.468 e. The van der Waals surface area contributed by atoms with Crippen molar-refractivity contribution in [1.82, 2.24) is 5.32 Å². The van der Waals surface area contributed by atoms with E-state index in [1.54, 1.807) is 24.3 Å². The fourth-order valence-electron chi connectivity index (χ4n) is 2.14. The normalized spacial score (nSPS) is 11.6. The molecule has 1 atom stereocenters. The SMILES string of the molecule is COC(=O)[C@@H](NCc1cccc(C#N)c1)c1cc(F)ccc1F. The van der Waals surface area contributed by atoms with Gasteiger partial charge in [-0.25, -0.2) is 13.6 Å². The number of hydrogen-bond donors (Lipinski definition) is 1. The fourth-order valence-corrected chi connectivity index (χ4v) is 2.14. The average molecular weight is 316 g/mol. The molecule has 2 aromatic rings. The zero-order chi connectivity index (χ0) is 16.8. The second-order valence-electron chi connectivity index (χ2n) is 4.82. The number of carbonyl (C=O) groups is 1. The van der Waals surface area contributed by atoms with Crippen LogP contribution >= 0.6 is 0 Å². The molecule has 0 bridgehead atoms. The zero-order valence-electron chi connectivity index (χ0n) is 12.3. The molecule has 118 valence electrons. The highest BCUT2D eigenvalue weighted by Gasteiger charge is 2.24. The minimum atomic E-state index is -1.15. The Bertz CT molecular complexity index is 756. The standard InChI is InChI=1S/C17H14F2N2O2/c1-23-17(22)16(14-8-13(18)5-6-15(14)19)21-10-12-4-2-3-11(7-12)9-20/h2-8,16,21H,10H2,1H3/t16-/m0/s1. The molecule has 0 aliphatic heterocycles. The molecule has 4 nitrogen and oxygen atoms in total. The Morgan fingerprint density at radius 2 is 2.09 bits per heavy atom. The number of ether oxygens (including phenoxy) is 1. The van der Waals surface area contributed by atoms with E-state index in [1.165, 1.54) is 7.11 Å². The van der Waals surface area contributed by atoms with Crippen LogP contribution < -0.4 is 5.32 Å². The molecule has 0 unspecified atom stereocenters. The molecule has 0 saturated heterocycles. The quantitative estimate of drug-likeness (QED) is 0.862. The molecule has 0 radical (unpaired) electrons. The molecule has 0 saturated carbocycles. The lowest BCUT2D eigenvalue weighted by atomic mass is 10.0. The van der Waals surface area contributed by atoms with Gasteiger partial charge in [0.2, 0.25) is 0 Å². The van der Waals surface area contributed by atoms with Gasteiger partial charge in [-0.2, -0.15) is 5.26 Å². The fraction of sp³-hybridized carbons (Fsp3) is 0.176. The van der Waals surface area contributed by atoms with Crippen LogP contribution in [0, 0.1) is 23.0 Å². The highest BCUT2D eigenvalue weighted by molar-refractivity contribution is 5.77. The topological polar surface area (TPSA) is 62.1 Å². The number of nitriles is 1. The van der Waals surface area contributed by atoms with Crippen LogP contribution in [0.5, 0.6) is 0 Å². The van der Waals surface area contributed by atoms with Crippen LogP contribution in [0.3, 0.4) is 0 Å². The lowest BCUT2D eigenvalue weighted by Gasteiger charge is -2.17. The molecule has 0 aliphatic carbocycles. The van der Waals surface area contributed by atoms with Crippen molar-refractivity contribution in [2.75, 3.05) is 7.11 Å². The van der Waals surface area contributed by atoms with Crippen molar-refractivity contribution in [3.8, 4) is 6.07 Å². The summed E-state index contributed by atoms with van der Waals surface area (Å²) in [6.07, 6.45) is 0. The number of methoxy groups -OCH3 is 1. The lowest BCUT2D eigenvalue weighted by Crippen LogP contribution is -2.30. The Balaban J connectivity index is 2.24. The number of carbonyl (C=O) groups excluding carboxylic acids is 1. The second kappa shape index (κ2) is 7.47. The Morgan fingerprint density at radius 3 is 2.78 bits per heavy atom. The number of nitrogens with one attached hydrogen (secondary N) is 1. The highest BCUT2D eigenvalue weighted by Crippen LogP contribution is 2.20. The number of halogens is 2. The Morgan fingerprint density at radius 1 is 1.30 bits per heavy atom. The van der Waals surface area contributed by atoms with E-state index in [4.69, 9.17) is 5.26 Å². The maximum Gasteiger partial charge on any atom is 0.327 e. The molecule has 0 aliphatic rings. The third-order valence-electron chi connectivity index (χ3n) is 3.27.